The molecule has 1 unspecified atom stereocenters. The van der Waals surface area contributed by atoms with Crippen LogP contribution < -0.4 is 5.01 Å². The fraction of sp³-hybridized carbons (Fsp3) is 0.714. The Morgan fingerprint density at radius 2 is 2.30 bits per heavy atom. The molecule has 10 heavy (non-hydrogen) atoms. The third-order valence-corrected chi connectivity index (χ3v) is 1.56. The molecule has 0 saturated carbocycles. The van der Waals surface area contributed by atoms with Gasteiger partial charge in [0.15, 0.2) is 0 Å². The van der Waals surface area contributed by atoms with E-state index in [0.29, 0.717) is 0 Å². The van der Waals surface area contributed by atoms with Crippen LogP contribution in [0.25, 0.3) is 0 Å². The molecule has 1 N–H and O–H groups in total. The average Bonchev–Trinajstić information content (AvgIpc) is 2.41. The van der Waals surface area contributed by atoms with Crippen LogP contribution in [0.5, 0.6) is 0 Å². The fourth-order valence-electron chi connectivity index (χ4n) is 0.950. The van der Waals surface area contributed by atoms with Gasteiger partial charge in [-0.1, -0.05) is 13.3 Å². The lowest BCUT2D eigenvalue weighted by molar-refractivity contribution is -0.855. The second-order valence-corrected chi connectivity index (χ2v) is 2.48. The smallest absolute Gasteiger partial charge is 0.143 e. The van der Waals surface area contributed by atoms with Gasteiger partial charge in [-0.2, -0.15) is 5.01 Å². The van der Waals surface area contributed by atoms with E-state index in [4.69, 9.17) is 0 Å². The number of hydrogen-bond donors (Lipinski definition) is 1. The molecule has 0 aliphatic carbocycles. The van der Waals surface area contributed by atoms with Gasteiger partial charge in [0.25, 0.3) is 0 Å². The minimum Gasteiger partial charge on any atom is -0.162 e. The van der Waals surface area contributed by atoms with Gasteiger partial charge in [0.2, 0.25) is 0 Å². The summed E-state index contributed by atoms with van der Waals surface area (Å²) >= 11 is 0. The quantitative estimate of drug-likeness (QED) is 0.562. The van der Waals surface area contributed by atoms with E-state index in [9.17, 15) is 0 Å². The van der Waals surface area contributed by atoms with Crippen molar-refractivity contribution in [2.75, 3.05) is 6.54 Å². The monoisotopic (exact) mass is 140 g/mol. The predicted molar refractivity (Wildman–Crippen MR) is 39.4 cm³/mol. The van der Waals surface area contributed by atoms with Crippen LogP contribution >= 0.6 is 0 Å². The van der Waals surface area contributed by atoms with Crippen molar-refractivity contribution in [1.29, 1.82) is 0 Å². The van der Waals surface area contributed by atoms with Gasteiger partial charge in [-0.15, -0.1) is 5.11 Å². The highest BCUT2D eigenvalue weighted by Crippen LogP contribution is 1.90. The van der Waals surface area contributed by atoms with Crippen molar-refractivity contribution in [1.82, 2.24) is 0 Å². The first-order chi connectivity index (χ1) is 4.93. The Morgan fingerprint density at radius 1 is 1.40 bits per heavy atom. The van der Waals surface area contributed by atoms with Crippen LogP contribution in [0.2, 0.25) is 0 Å². The predicted octanol–water partition coefficient (Wildman–Crippen LogP) is 0.913. The zero-order valence-corrected chi connectivity index (χ0v) is 6.38. The van der Waals surface area contributed by atoms with Gasteiger partial charge in [0.05, 0.1) is 0 Å². The second kappa shape index (κ2) is 4.17. The number of rotatable bonds is 4. The van der Waals surface area contributed by atoms with Gasteiger partial charge in [-0.25, -0.2) is 0 Å². The summed E-state index contributed by atoms with van der Waals surface area (Å²) in [6.07, 6.45) is 7.55. The van der Waals surface area contributed by atoms with E-state index >= 15 is 0 Å². The molecule has 1 rings (SSSR count). The molecule has 0 bridgehead atoms. The van der Waals surface area contributed by atoms with Crippen LogP contribution in [0.4, 0.5) is 0 Å². The standard InChI is InChI=1S/C7H13N3/c1-2-3-4-6-10-7-5-8-9-10/h5,7H,2-4,6H2,1H3/p+1. The Labute approximate surface area is 61.4 Å². The Balaban J connectivity index is 2.03. The molecule has 0 saturated heterocycles. The lowest BCUT2D eigenvalue weighted by atomic mass is 10.2. The first-order valence-electron chi connectivity index (χ1n) is 3.86. The summed E-state index contributed by atoms with van der Waals surface area (Å²) < 4.78 is 0. The number of hydrogen-bond acceptors (Lipinski definition) is 2. The third kappa shape index (κ3) is 2.27. The van der Waals surface area contributed by atoms with E-state index in [0.717, 1.165) is 11.6 Å². The number of nitrogens with one attached hydrogen (secondary N) is 1. The molecule has 1 aliphatic rings. The van der Waals surface area contributed by atoms with E-state index in [1.54, 1.807) is 6.20 Å². The van der Waals surface area contributed by atoms with Crippen molar-refractivity contribution in [2.45, 2.75) is 26.2 Å². The lowest BCUT2D eigenvalue weighted by Gasteiger charge is -2.00. The molecule has 3 nitrogen and oxygen atoms in total. The molecule has 0 aromatic rings. The summed E-state index contributed by atoms with van der Waals surface area (Å²) in [5.74, 6) is 0. The highest BCUT2D eigenvalue weighted by molar-refractivity contribution is 4.67. The topological polar surface area (TPSA) is 29.2 Å². The maximum Gasteiger partial charge on any atom is 0.143 e. The average molecular weight is 140 g/mol. The van der Waals surface area contributed by atoms with Crippen LogP contribution in [0.3, 0.4) is 0 Å². The zero-order valence-electron chi connectivity index (χ0n) is 6.38. The highest BCUT2D eigenvalue weighted by atomic mass is 15.6. The van der Waals surface area contributed by atoms with Crippen molar-refractivity contribution in [3.63, 3.8) is 0 Å². The summed E-state index contributed by atoms with van der Waals surface area (Å²) in [6.45, 7) is 3.30. The Kier molecular flexibility index (Phi) is 3.09. The summed E-state index contributed by atoms with van der Waals surface area (Å²) in [7, 11) is 0. The molecule has 0 aromatic heterocycles. The first kappa shape index (κ1) is 7.41. The normalized spacial score (nSPS) is 22.3. The highest BCUT2D eigenvalue weighted by Gasteiger charge is 2.04. The summed E-state index contributed by atoms with van der Waals surface area (Å²) in [4.78, 5) is 0. The van der Waals surface area contributed by atoms with Gasteiger partial charge in [-0.3, -0.25) is 0 Å². The van der Waals surface area contributed by atoms with Gasteiger partial charge >= 0.3 is 0 Å². The summed E-state index contributed by atoms with van der Waals surface area (Å²) in [5.41, 5.74) is 0. The molecular weight excluding hydrogens is 126 g/mol. The molecule has 0 spiro atoms. The van der Waals surface area contributed by atoms with Crippen molar-refractivity contribution >= 4 is 0 Å². The van der Waals surface area contributed by atoms with E-state index < -0.39 is 0 Å². The molecule has 1 aliphatic heterocycles. The molecule has 56 valence electrons. The minimum atomic E-state index is 1.09. The summed E-state index contributed by atoms with van der Waals surface area (Å²) in [5, 5.41) is 8.82. The fourth-order valence-corrected chi connectivity index (χ4v) is 0.950. The van der Waals surface area contributed by atoms with E-state index in [1.165, 1.54) is 19.3 Å². The molecule has 0 amide bonds. The number of unbranched alkanes of at least 4 members (excludes halogenated alkanes) is 2. The molecular formula is C7H14N3+. The molecule has 1 atom stereocenters. The van der Waals surface area contributed by atoms with Crippen LogP contribution in [0, 0.1) is 0 Å². The van der Waals surface area contributed by atoms with Crippen molar-refractivity contribution in [2.24, 2.45) is 10.3 Å². The zero-order chi connectivity index (χ0) is 7.23. The largest absolute Gasteiger partial charge is 0.162 e. The molecule has 1 heterocycles. The van der Waals surface area contributed by atoms with E-state index in [1.807, 2.05) is 6.20 Å². The van der Waals surface area contributed by atoms with Crippen LogP contribution in [-0.4, -0.2) is 6.54 Å². The Hall–Kier alpha value is -0.700. The van der Waals surface area contributed by atoms with Gasteiger partial charge in [-0.05, 0) is 12.8 Å². The molecule has 3 heteroatoms. The van der Waals surface area contributed by atoms with Crippen molar-refractivity contribution < 1.29 is 5.01 Å². The van der Waals surface area contributed by atoms with Crippen LogP contribution in [0.15, 0.2) is 22.7 Å². The Bertz CT molecular complexity index is 128. The van der Waals surface area contributed by atoms with Crippen molar-refractivity contribution in [3.05, 3.63) is 12.4 Å². The van der Waals surface area contributed by atoms with Gasteiger partial charge in [0, 0.05) is 5.22 Å². The maximum atomic E-state index is 3.94. The maximum absolute atomic E-state index is 3.94. The minimum absolute atomic E-state index is 1.09. The van der Waals surface area contributed by atoms with E-state index in [-0.39, 0.29) is 0 Å². The van der Waals surface area contributed by atoms with Crippen LogP contribution in [0.1, 0.15) is 26.2 Å². The molecule has 0 radical (unpaired) electrons. The number of nitrogens with zero attached hydrogens (tertiary/aromatic N) is 2. The SMILES string of the molecule is CCCCC[NH+]1C=CN=N1. The molecule has 0 fully saturated rings. The Morgan fingerprint density at radius 3 is 2.90 bits per heavy atom. The third-order valence-electron chi connectivity index (χ3n) is 1.56. The number of quaternary nitrogens is 1. The summed E-state index contributed by atoms with van der Waals surface area (Å²) in [6, 6.07) is 0. The van der Waals surface area contributed by atoms with Crippen LogP contribution in [-0.2, 0) is 0 Å². The van der Waals surface area contributed by atoms with E-state index in [2.05, 4.69) is 17.3 Å². The van der Waals surface area contributed by atoms with Gasteiger partial charge in [0.1, 0.15) is 18.9 Å². The lowest BCUT2D eigenvalue weighted by Crippen LogP contribution is -3.01. The first-order valence-corrected chi connectivity index (χ1v) is 3.86. The van der Waals surface area contributed by atoms with Gasteiger partial charge < -0.3 is 0 Å². The van der Waals surface area contributed by atoms with Crippen molar-refractivity contribution in [3.8, 4) is 0 Å². The second-order valence-electron chi connectivity index (χ2n) is 2.48. The molecule has 0 aromatic carbocycles.